The molecule has 0 saturated carbocycles. The van der Waals surface area contributed by atoms with Crippen molar-refractivity contribution in [2.75, 3.05) is 20.8 Å². The number of rotatable bonds is 11. The van der Waals surface area contributed by atoms with Gasteiger partial charge in [0.1, 0.15) is 35.5 Å². The zero-order valence-corrected chi connectivity index (χ0v) is 27.7. The van der Waals surface area contributed by atoms with E-state index in [1.54, 1.807) is 55.3 Å². The second-order valence-corrected chi connectivity index (χ2v) is 11.5. The van der Waals surface area contributed by atoms with Gasteiger partial charge in [0, 0.05) is 29.4 Å². The molecule has 1 aromatic heterocycles. The second kappa shape index (κ2) is 14.7. The summed E-state index contributed by atoms with van der Waals surface area (Å²) in [5, 5.41) is 14.9. The van der Waals surface area contributed by atoms with Crippen molar-refractivity contribution in [2.24, 2.45) is 0 Å². The van der Waals surface area contributed by atoms with Gasteiger partial charge in [0.25, 0.3) is 11.8 Å². The number of methoxy groups -OCH3 is 2. The maximum Gasteiger partial charge on any atom is 0.271 e. The van der Waals surface area contributed by atoms with Crippen LogP contribution >= 0.6 is 0 Å². The number of halogens is 1. The second-order valence-electron chi connectivity index (χ2n) is 11.5. The number of nitriles is 1. The standard InChI is InChI=1S/C40H33FN4O5/c1-26-34(39(46)44(40(47)35(26)23-42)19-18-27-14-17-36(48-2)37(20-27)49-3)22-30-24-45(32-9-5-4-6-10-32)43-38(30)29-8-7-11-33(21-29)50-25-28-12-15-31(41)16-13-28/h4-17,20-22,24H,18-19,25H2,1-3H3/b34-22+. The number of ether oxygens (including phenoxy) is 3. The van der Waals surface area contributed by atoms with Gasteiger partial charge in [-0.3, -0.25) is 14.5 Å². The van der Waals surface area contributed by atoms with Crippen LogP contribution in [0.4, 0.5) is 4.39 Å². The highest BCUT2D eigenvalue weighted by molar-refractivity contribution is 6.19. The van der Waals surface area contributed by atoms with E-state index in [1.165, 1.54) is 19.2 Å². The maximum absolute atomic E-state index is 14.1. The summed E-state index contributed by atoms with van der Waals surface area (Å²) in [5.41, 5.74) is 4.71. The monoisotopic (exact) mass is 668 g/mol. The van der Waals surface area contributed by atoms with E-state index in [4.69, 9.17) is 19.3 Å². The van der Waals surface area contributed by atoms with Crippen LogP contribution in [0.2, 0.25) is 0 Å². The van der Waals surface area contributed by atoms with E-state index in [1.807, 2.05) is 66.7 Å². The molecule has 0 saturated heterocycles. The quantitative estimate of drug-likeness (QED) is 0.109. The van der Waals surface area contributed by atoms with Crippen molar-refractivity contribution in [3.63, 3.8) is 0 Å². The Morgan fingerprint density at radius 1 is 0.860 bits per heavy atom. The largest absolute Gasteiger partial charge is 0.493 e. The Balaban J connectivity index is 1.36. The lowest BCUT2D eigenvalue weighted by Gasteiger charge is -2.27. The summed E-state index contributed by atoms with van der Waals surface area (Å²) in [6.45, 7) is 1.89. The first-order valence-corrected chi connectivity index (χ1v) is 15.8. The van der Waals surface area contributed by atoms with Crippen LogP contribution < -0.4 is 14.2 Å². The molecule has 0 spiro atoms. The summed E-state index contributed by atoms with van der Waals surface area (Å²) in [4.78, 5) is 28.6. The number of hydrogen-bond acceptors (Lipinski definition) is 7. The fraction of sp³-hybridized carbons (Fsp3) is 0.150. The van der Waals surface area contributed by atoms with E-state index >= 15 is 0 Å². The molecule has 9 nitrogen and oxygen atoms in total. The number of hydrogen-bond donors (Lipinski definition) is 0. The van der Waals surface area contributed by atoms with E-state index < -0.39 is 11.8 Å². The van der Waals surface area contributed by atoms with E-state index in [2.05, 4.69) is 0 Å². The third-order valence-corrected chi connectivity index (χ3v) is 8.39. The lowest BCUT2D eigenvalue weighted by molar-refractivity contribution is -0.140. The summed E-state index contributed by atoms with van der Waals surface area (Å²) in [7, 11) is 3.08. The molecule has 1 aliphatic heterocycles. The number of aromatic nitrogens is 2. The molecule has 0 fully saturated rings. The lowest BCUT2D eigenvalue weighted by Crippen LogP contribution is -2.43. The summed E-state index contributed by atoms with van der Waals surface area (Å²) >= 11 is 0. The van der Waals surface area contributed by atoms with Crippen molar-refractivity contribution in [3.05, 3.63) is 142 Å². The Kier molecular flexibility index (Phi) is 9.86. The molecule has 2 heterocycles. The van der Waals surface area contributed by atoms with Gasteiger partial charge in [0.15, 0.2) is 11.5 Å². The Bertz CT molecular complexity index is 2160. The number of nitrogens with zero attached hydrogens (tertiary/aromatic N) is 4. The lowest BCUT2D eigenvalue weighted by atomic mass is 9.93. The Hall–Kier alpha value is -6.47. The van der Waals surface area contributed by atoms with E-state index in [-0.39, 0.29) is 30.1 Å². The van der Waals surface area contributed by atoms with Gasteiger partial charge < -0.3 is 14.2 Å². The highest BCUT2D eigenvalue weighted by Crippen LogP contribution is 2.33. The molecule has 0 unspecified atom stereocenters. The molecule has 0 N–H and O–H groups in total. The summed E-state index contributed by atoms with van der Waals surface area (Å²) < 4.78 is 31.9. The van der Waals surface area contributed by atoms with Crippen LogP contribution in [0.1, 0.15) is 23.6 Å². The van der Waals surface area contributed by atoms with Crippen LogP contribution in [-0.4, -0.2) is 47.3 Å². The molecule has 0 radical (unpaired) electrons. The third kappa shape index (κ3) is 7.03. The van der Waals surface area contributed by atoms with Crippen LogP contribution in [0, 0.1) is 17.1 Å². The van der Waals surface area contributed by atoms with E-state index in [0.717, 1.165) is 27.3 Å². The fourth-order valence-electron chi connectivity index (χ4n) is 5.68. The van der Waals surface area contributed by atoms with Crippen LogP contribution in [0.15, 0.2) is 120 Å². The predicted molar refractivity (Wildman–Crippen MR) is 186 cm³/mol. The van der Waals surface area contributed by atoms with Gasteiger partial charge in [0.2, 0.25) is 0 Å². The van der Waals surface area contributed by atoms with E-state index in [9.17, 15) is 19.2 Å². The van der Waals surface area contributed by atoms with Gasteiger partial charge in [-0.25, -0.2) is 9.07 Å². The van der Waals surface area contributed by atoms with Crippen LogP contribution in [-0.2, 0) is 22.6 Å². The predicted octanol–water partition coefficient (Wildman–Crippen LogP) is 7.11. The zero-order chi connectivity index (χ0) is 35.2. The first-order chi connectivity index (χ1) is 24.3. The third-order valence-electron chi connectivity index (χ3n) is 8.39. The minimum Gasteiger partial charge on any atom is -0.493 e. The summed E-state index contributed by atoms with van der Waals surface area (Å²) in [6, 6.07) is 30.4. The Morgan fingerprint density at radius 2 is 1.60 bits per heavy atom. The van der Waals surface area contributed by atoms with Crippen molar-refractivity contribution in [3.8, 4) is 40.3 Å². The number of carbonyl (C=O) groups is 2. The molecule has 10 heteroatoms. The maximum atomic E-state index is 14.1. The average molecular weight is 669 g/mol. The number of para-hydroxylation sites is 1. The highest BCUT2D eigenvalue weighted by Gasteiger charge is 2.35. The van der Waals surface area contributed by atoms with Gasteiger partial charge in [-0.1, -0.05) is 48.5 Å². The molecule has 0 bridgehead atoms. The van der Waals surface area contributed by atoms with Gasteiger partial charge in [-0.05, 0) is 84.7 Å². The minimum atomic E-state index is -0.640. The smallest absolute Gasteiger partial charge is 0.271 e. The SMILES string of the molecule is COc1ccc(CCN2C(=O)C(C#N)=C(C)/C(=C\c3cn(-c4ccccc4)nc3-c3cccc(OCc4ccc(F)cc4)c3)C2=O)cc1OC. The summed E-state index contributed by atoms with van der Waals surface area (Å²) in [6.07, 6.45) is 3.82. The molecule has 6 rings (SSSR count). The van der Waals surface area contributed by atoms with Crippen molar-refractivity contribution < 1.29 is 28.2 Å². The van der Waals surface area contributed by atoms with Crippen molar-refractivity contribution in [1.29, 1.82) is 5.26 Å². The average Bonchev–Trinajstić information content (AvgIpc) is 3.57. The molecule has 250 valence electrons. The molecular formula is C40H33FN4O5. The van der Waals surface area contributed by atoms with Crippen molar-refractivity contribution in [1.82, 2.24) is 14.7 Å². The van der Waals surface area contributed by atoms with Crippen molar-refractivity contribution in [2.45, 2.75) is 20.0 Å². The molecule has 50 heavy (non-hydrogen) atoms. The molecule has 0 aliphatic carbocycles. The molecule has 5 aromatic rings. The van der Waals surface area contributed by atoms with Gasteiger partial charge in [-0.2, -0.15) is 10.4 Å². The Morgan fingerprint density at radius 3 is 2.32 bits per heavy atom. The number of carbonyl (C=O) groups excluding carboxylic acids is 2. The molecule has 2 amide bonds. The Labute approximate surface area is 289 Å². The van der Waals surface area contributed by atoms with E-state index in [0.29, 0.717) is 40.5 Å². The molecule has 0 atom stereocenters. The zero-order valence-electron chi connectivity index (χ0n) is 27.7. The topological polar surface area (TPSA) is 107 Å². The normalized spacial score (nSPS) is 13.8. The van der Waals surface area contributed by atoms with Crippen LogP contribution in [0.3, 0.4) is 0 Å². The fourth-order valence-corrected chi connectivity index (χ4v) is 5.68. The first-order valence-electron chi connectivity index (χ1n) is 15.8. The molecular weight excluding hydrogens is 635 g/mol. The number of imide groups is 1. The first kappa shape index (κ1) is 33.4. The minimum absolute atomic E-state index is 0.0481. The van der Waals surface area contributed by atoms with Gasteiger partial charge in [-0.15, -0.1) is 0 Å². The van der Waals surface area contributed by atoms with Gasteiger partial charge in [0.05, 0.1) is 19.9 Å². The van der Waals surface area contributed by atoms with Crippen LogP contribution in [0.5, 0.6) is 17.2 Å². The van der Waals surface area contributed by atoms with Crippen molar-refractivity contribution >= 4 is 17.9 Å². The molecule has 4 aromatic carbocycles. The highest BCUT2D eigenvalue weighted by atomic mass is 19.1. The number of benzene rings is 4. The molecule has 1 aliphatic rings. The number of amides is 2. The van der Waals surface area contributed by atoms with Gasteiger partial charge >= 0.3 is 0 Å². The summed E-state index contributed by atoms with van der Waals surface area (Å²) in [5.74, 6) is 0.195. The van der Waals surface area contributed by atoms with Crippen LogP contribution in [0.25, 0.3) is 23.0 Å².